The summed E-state index contributed by atoms with van der Waals surface area (Å²) < 4.78 is 7.27. The van der Waals surface area contributed by atoms with Gasteiger partial charge in [-0.3, -0.25) is 4.79 Å². The zero-order chi connectivity index (χ0) is 17.2. The number of esters is 1. The molecule has 130 valence electrons. The number of fused-ring (bicyclic) bond motifs is 1. The molecule has 1 amide bonds. The van der Waals surface area contributed by atoms with E-state index in [4.69, 9.17) is 4.74 Å². The van der Waals surface area contributed by atoms with Gasteiger partial charge in [0.15, 0.2) is 0 Å². The number of carbonyl (C=O) groups is 2. The van der Waals surface area contributed by atoms with Crippen molar-refractivity contribution in [2.24, 2.45) is 0 Å². The molecule has 6 nitrogen and oxygen atoms in total. The summed E-state index contributed by atoms with van der Waals surface area (Å²) in [5.41, 5.74) is 1.33. The van der Waals surface area contributed by atoms with Crippen LogP contribution in [0.2, 0.25) is 0 Å². The molecule has 25 heavy (non-hydrogen) atoms. The number of nitrogens with one attached hydrogen (secondary N) is 1. The number of nitrogens with zero attached hydrogens (tertiary/aromatic N) is 2. The Bertz CT molecular complexity index is 793. The van der Waals surface area contributed by atoms with E-state index in [2.05, 4.69) is 10.4 Å². The van der Waals surface area contributed by atoms with Crippen LogP contribution >= 0.6 is 0 Å². The summed E-state index contributed by atoms with van der Waals surface area (Å²) in [6.07, 6.45) is 7.17. The Morgan fingerprint density at radius 2 is 2.00 bits per heavy atom. The van der Waals surface area contributed by atoms with Crippen LogP contribution in [-0.4, -0.2) is 21.7 Å². The molecule has 1 aromatic carbocycles. The standard InChI is InChI=1S/C19H21N3O3/c23-18(12-16-14-8-4-5-9-15(14)19(24)25-16)21-17-10-11-20-22(17)13-6-2-1-3-7-13/h4-5,8-11,13,16H,1-3,6-7,12H2,(H,21,23). The highest BCUT2D eigenvalue weighted by Crippen LogP contribution is 2.33. The van der Waals surface area contributed by atoms with Crippen LogP contribution in [0.5, 0.6) is 0 Å². The average Bonchev–Trinajstić information content (AvgIpc) is 3.21. The lowest BCUT2D eigenvalue weighted by atomic mass is 9.96. The van der Waals surface area contributed by atoms with E-state index in [0.717, 1.165) is 24.2 Å². The van der Waals surface area contributed by atoms with Crippen LogP contribution < -0.4 is 5.32 Å². The van der Waals surface area contributed by atoms with E-state index in [1.807, 2.05) is 22.9 Å². The molecule has 1 unspecified atom stereocenters. The number of carbonyl (C=O) groups excluding carboxylic acids is 2. The summed E-state index contributed by atoms with van der Waals surface area (Å²) in [4.78, 5) is 24.3. The number of aromatic nitrogens is 2. The lowest BCUT2D eigenvalue weighted by molar-refractivity contribution is -0.118. The summed E-state index contributed by atoms with van der Waals surface area (Å²) >= 11 is 0. The van der Waals surface area contributed by atoms with E-state index < -0.39 is 6.10 Å². The van der Waals surface area contributed by atoms with Crippen molar-refractivity contribution in [1.29, 1.82) is 0 Å². The Labute approximate surface area is 146 Å². The van der Waals surface area contributed by atoms with Crippen LogP contribution in [0.4, 0.5) is 5.82 Å². The van der Waals surface area contributed by atoms with Gasteiger partial charge in [-0.15, -0.1) is 0 Å². The number of hydrogen-bond acceptors (Lipinski definition) is 4. The highest BCUT2D eigenvalue weighted by atomic mass is 16.5. The SMILES string of the molecule is O=C(CC1OC(=O)c2ccccc21)Nc1ccnn1C1CCCCC1. The molecule has 2 heterocycles. The van der Waals surface area contributed by atoms with Crippen LogP contribution in [0.3, 0.4) is 0 Å². The third-order valence-electron chi connectivity index (χ3n) is 5.01. The smallest absolute Gasteiger partial charge is 0.339 e. The second kappa shape index (κ2) is 6.70. The Kier molecular flexibility index (Phi) is 4.26. The van der Waals surface area contributed by atoms with E-state index in [0.29, 0.717) is 11.6 Å². The second-order valence-electron chi connectivity index (χ2n) is 6.69. The molecule has 1 aromatic heterocycles. The van der Waals surface area contributed by atoms with Crippen LogP contribution in [-0.2, 0) is 9.53 Å². The third kappa shape index (κ3) is 3.16. The Balaban J connectivity index is 1.44. The normalized spacial score (nSPS) is 20.2. The molecule has 0 spiro atoms. The number of rotatable bonds is 4. The predicted molar refractivity (Wildman–Crippen MR) is 92.2 cm³/mol. The third-order valence-corrected chi connectivity index (χ3v) is 5.01. The van der Waals surface area contributed by atoms with Gasteiger partial charge in [0.2, 0.25) is 5.91 Å². The van der Waals surface area contributed by atoms with E-state index in [1.165, 1.54) is 19.3 Å². The summed E-state index contributed by atoms with van der Waals surface area (Å²) in [6.45, 7) is 0. The van der Waals surface area contributed by atoms with E-state index in [1.54, 1.807) is 18.3 Å². The fourth-order valence-corrected chi connectivity index (χ4v) is 3.76. The predicted octanol–water partition coefficient (Wildman–Crippen LogP) is 3.63. The minimum Gasteiger partial charge on any atom is -0.453 e. The lowest BCUT2D eigenvalue weighted by Gasteiger charge is -2.24. The Morgan fingerprint density at radius 3 is 2.84 bits per heavy atom. The van der Waals surface area contributed by atoms with Crippen molar-refractivity contribution < 1.29 is 14.3 Å². The molecule has 4 rings (SSSR count). The van der Waals surface area contributed by atoms with Gasteiger partial charge in [-0.05, 0) is 18.9 Å². The Hall–Kier alpha value is -2.63. The van der Waals surface area contributed by atoms with Crippen molar-refractivity contribution >= 4 is 17.7 Å². The maximum absolute atomic E-state index is 12.5. The molecule has 2 aliphatic rings. The summed E-state index contributed by atoms with van der Waals surface area (Å²) in [6, 6.07) is 9.39. The monoisotopic (exact) mass is 339 g/mol. The topological polar surface area (TPSA) is 73.2 Å². The van der Waals surface area contributed by atoms with Crippen LogP contribution in [0, 0.1) is 0 Å². The molecule has 1 aliphatic carbocycles. The van der Waals surface area contributed by atoms with Gasteiger partial charge in [0.1, 0.15) is 11.9 Å². The number of ether oxygens (including phenoxy) is 1. The Morgan fingerprint density at radius 1 is 1.20 bits per heavy atom. The van der Waals surface area contributed by atoms with Gasteiger partial charge in [-0.1, -0.05) is 37.5 Å². The molecule has 0 radical (unpaired) electrons. The van der Waals surface area contributed by atoms with Crippen molar-refractivity contribution in [2.45, 2.75) is 50.7 Å². The minimum absolute atomic E-state index is 0.110. The van der Waals surface area contributed by atoms with Gasteiger partial charge in [0.25, 0.3) is 0 Å². The van der Waals surface area contributed by atoms with Gasteiger partial charge < -0.3 is 10.1 Å². The zero-order valence-electron chi connectivity index (χ0n) is 14.0. The number of amides is 1. The molecule has 0 bridgehead atoms. The number of hydrogen-bond donors (Lipinski definition) is 1. The number of benzene rings is 1. The van der Waals surface area contributed by atoms with Gasteiger partial charge in [-0.2, -0.15) is 5.10 Å². The molecule has 0 saturated heterocycles. The van der Waals surface area contributed by atoms with Crippen molar-refractivity contribution in [1.82, 2.24) is 9.78 Å². The fourth-order valence-electron chi connectivity index (χ4n) is 3.76. The molecule has 6 heteroatoms. The number of cyclic esters (lactones) is 1. The van der Waals surface area contributed by atoms with E-state index in [-0.39, 0.29) is 18.3 Å². The summed E-state index contributed by atoms with van der Waals surface area (Å²) in [5, 5.41) is 7.32. The second-order valence-corrected chi connectivity index (χ2v) is 6.69. The zero-order valence-corrected chi connectivity index (χ0v) is 14.0. The van der Waals surface area contributed by atoms with Crippen molar-refractivity contribution in [3.63, 3.8) is 0 Å². The lowest BCUT2D eigenvalue weighted by Crippen LogP contribution is -2.21. The van der Waals surface area contributed by atoms with Gasteiger partial charge in [0.05, 0.1) is 24.2 Å². The van der Waals surface area contributed by atoms with Gasteiger partial charge in [-0.25, -0.2) is 9.48 Å². The largest absolute Gasteiger partial charge is 0.453 e. The first kappa shape index (κ1) is 15.9. The average molecular weight is 339 g/mol. The van der Waals surface area contributed by atoms with Crippen LogP contribution in [0.25, 0.3) is 0 Å². The maximum atomic E-state index is 12.5. The molecule has 1 atom stereocenters. The maximum Gasteiger partial charge on any atom is 0.339 e. The van der Waals surface area contributed by atoms with Crippen molar-refractivity contribution in [3.8, 4) is 0 Å². The first-order chi connectivity index (χ1) is 12.2. The molecule has 2 aromatic rings. The molecular formula is C19H21N3O3. The molecule has 1 aliphatic heterocycles. The summed E-state index contributed by atoms with van der Waals surface area (Å²) in [5.74, 6) is 0.183. The van der Waals surface area contributed by atoms with Crippen LogP contribution in [0.1, 0.15) is 66.6 Å². The molecular weight excluding hydrogens is 318 g/mol. The molecule has 1 fully saturated rings. The number of anilines is 1. The van der Waals surface area contributed by atoms with Crippen LogP contribution in [0.15, 0.2) is 36.5 Å². The first-order valence-corrected chi connectivity index (χ1v) is 8.85. The fraction of sp³-hybridized carbons (Fsp3) is 0.421. The molecule has 1 N–H and O–H groups in total. The van der Waals surface area contributed by atoms with Gasteiger partial charge in [0, 0.05) is 11.6 Å². The van der Waals surface area contributed by atoms with Crippen molar-refractivity contribution in [2.75, 3.05) is 5.32 Å². The van der Waals surface area contributed by atoms with Gasteiger partial charge >= 0.3 is 5.97 Å². The summed E-state index contributed by atoms with van der Waals surface area (Å²) in [7, 11) is 0. The van der Waals surface area contributed by atoms with Crippen molar-refractivity contribution in [3.05, 3.63) is 47.7 Å². The molecule has 1 saturated carbocycles. The highest BCUT2D eigenvalue weighted by Gasteiger charge is 2.32. The quantitative estimate of drug-likeness (QED) is 0.863. The van der Waals surface area contributed by atoms with E-state index in [9.17, 15) is 9.59 Å². The van der Waals surface area contributed by atoms with E-state index >= 15 is 0 Å². The minimum atomic E-state index is -0.519. The first-order valence-electron chi connectivity index (χ1n) is 8.85. The highest BCUT2D eigenvalue weighted by molar-refractivity contribution is 5.96.